The summed E-state index contributed by atoms with van der Waals surface area (Å²) < 4.78 is 39.1. The Balaban J connectivity index is 2.06. The summed E-state index contributed by atoms with van der Waals surface area (Å²) in [5.74, 6) is 0. The van der Waals surface area contributed by atoms with E-state index in [1.165, 1.54) is 12.1 Å². The number of hydrogen-bond donors (Lipinski definition) is 0. The lowest BCUT2D eigenvalue weighted by Crippen LogP contribution is -2.06. The molecule has 21 heavy (non-hydrogen) atoms. The second-order valence-electron chi connectivity index (χ2n) is 4.32. The summed E-state index contributed by atoms with van der Waals surface area (Å²) in [6, 6.07) is 14.7. The summed E-state index contributed by atoms with van der Waals surface area (Å²) in [7, 11) is 0. The fourth-order valence-corrected chi connectivity index (χ4v) is 2.83. The van der Waals surface area contributed by atoms with Gasteiger partial charge in [-0.1, -0.05) is 59.9 Å². The zero-order valence-corrected chi connectivity index (χ0v) is 11.4. The van der Waals surface area contributed by atoms with Crippen molar-refractivity contribution in [3.05, 3.63) is 60.2 Å². The average molecular weight is 306 g/mol. The predicted octanol–water partition coefficient (Wildman–Crippen LogP) is 4.89. The van der Waals surface area contributed by atoms with Gasteiger partial charge in [0, 0.05) is 11.1 Å². The summed E-state index contributed by atoms with van der Waals surface area (Å²) in [6.45, 7) is 0. The Morgan fingerprint density at radius 3 is 2.10 bits per heavy atom. The first-order chi connectivity index (χ1) is 10.1. The molecule has 0 bridgehead atoms. The Morgan fingerprint density at radius 2 is 1.38 bits per heavy atom. The molecule has 1 heterocycles. The molecule has 0 amide bonds. The fourth-order valence-electron chi connectivity index (χ4n) is 1.95. The highest BCUT2D eigenvalue weighted by molar-refractivity contribution is 7.17. The normalized spacial score (nSPS) is 11.6. The van der Waals surface area contributed by atoms with Gasteiger partial charge in [0.1, 0.15) is 10.0 Å². The molecule has 0 aliphatic carbocycles. The van der Waals surface area contributed by atoms with Crippen molar-refractivity contribution in [2.75, 3.05) is 0 Å². The van der Waals surface area contributed by atoms with E-state index >= 15 is 0 Å². The number of nitrogens with zero attached hydrogens (tertiary/aromatic N) is 2. The van der Waals surface area contributed by atoms with Crippen LogP contribution in [0.1, 0.15) is 5.56 Å². The molecule has 0 aliphatic rings. The van der Waals surface area contributed by atoms with E-state index < -0.39 is 11.7 Å². The van der Waals surface area contributed by atoms with Crippen molar-refractivity contribution in [1.82, 2.24) is 10.2 Å². The van der Waals surface area contributed by atoms with Gasteiger partial charge in [-0.2, -0.15) is 13.2 Å². The van der Waals surface area contributed by atoms with E-state index in [0.717, 1.165) is 23.0 Å². The molecule has 3 aromatic rings. The van der Waals surface area contributed by atoms with Gasteiger partial charge in [-0.15, -0.1) is 10.2 Å². The lowest BCUT2D eigenvalue weighted by Gasteiger charge is -2.09. The molecule has 2 nitrogen and oxygen atoms in total. The first-order valence-corrected chi connectivity index (χ1v) is 6.93. The van der Waals surface area contributed by atoms with Gasteiger partial charge >= 0.3 is 6.18 Å². The standard InChI is InChI=1S/C15H9F3N2S/c16-15(17,18)12-9-5-4-8-11(12)14-20-19-13(21-14)10-6-2-1-3-7-10/h1-9H. The van der Waals surface area contributed by atoms with Crippen LogP contribution in [0.2, 0.25) is 0 Å². The van der Waals surface area contributed by atoms with Crippen molar-refractivity contribution >= 4 is 11.3 Å². The van der Waals surface area contributed by atoms with Gasteiger partial charge in [-0.3, -0.25) is 0 Å². The molecule has 0 atom stereocenters. The van der Waals surface area contributed by atoms with Crippen LogP contribution in [0.3, 0.4) is 0 Å². The minimum Gasteiger partial charge on any atom is -0.166 e. The van der Waals surface area contributed by atoms with E-state index in [4.69, 9.17) is 0 Å². The van der Waals surface area contributed by atoms with Gasteiger partial charge < -0.3 is 0 Å². The van der Waals surface area contributed by atoms with Crippen molar-refractivity contribution in [1.29, 1.82) is 0 Å². The van der Waals surface area contributed by atoms with Gasteiger partial charge in [0.25, 0.3) is 0 Å². The lowest BCUT2D eigenvalue weighted by molar-refractivity contribution is -0.137. The molecule has 3 rings (SSSR count). The smallest absolute Gasteiger partial charge is 0.166 e. The summed E-state index contributed by atoms with van der Waals surface area (Å²) in [6.07, 6.45) is -4.41. The third-order valence-electron chi connectivity index (χ3n) is 2.91. The summed E-state index contributed by atoms with van der Waals surface area (Å²) >= 11 is 1.15. The van der Waals surface area contributed by atoms with Gasteiger partial charge in [-0.25, -0.2) is 0 Å². The number of benzene rings is 2. The molecule has 0 radical (unpaired) electrons. The highest BCUT2D eigenvalue weighted by Crippen LogP contribution is 2.39. The first kappa shape index (κ1) is 13.8. The third kappa shape index (κ3) is 2.80. The third-order valence-corrected chi connectivity index (χ3v) is 3.91. The molecule has 0 saturated carbocycles. The van der Waals surface area contributed by atoms with Gasteiger partial charge in [0.15, 0.2) is 0 Å². The minimum atomic E-state index is -4.41. The van der Waals surface area contributed by atoms with Crippen molar-refractivity contribution in [2.24, 2.45) is 0 Å². The quantitative estimate of drug-likeness (QED) is 0.673. The number of halogens is 3. The summed E-state index contributed by atoms with van der Waals surface area (Å²) in [5, 5.41) is 8.76. The molecule has 0 unspecified atom stereocenters. The van der Waals surface area contributed by atoms with Gasteiger partial charge in [0.2, 0.25) is 0 Å². The van der Waals surface area contributed by atoms with E-state index in [2.05, 4.69) is 10.2 Å². The van der Waals surface area contributed by atoms with Crippen LogP contribution in [-0.4, -0.2) is 10.2 Å². The topological polar surface area (TPSA) is 25.8 Å². The highest BCUT2D eigenvalue weighted by atomic mass is 32.1. The molecule has 0 fully saturated rings. The molecule has 0 N–H and O–H groups in total. The highest BCUT2D eigenvalue weighted by Gasteiger charge is 2.34. The van der Waals surface area contributed by atoms with E-state index in [1.807, 2.05) is 30.3 Å². The van der Waals surface area contributed by atoms with Crippen molar-refractivity contribution in [3.8, 4) is 21.1 Å². The maximum atomic E-state index is 13.0. The second kappa shape index (κ2) is 5.29. The number of alkyl halides is 3. The monoisotopic (exact) mass is 306 g/mol. The van der Waals surface area contributed by atoms with Crippen LogP contribution in [0, 0.1) is 0 Å². The molecule has 1 aromatic heterocycles. The van der Waals surface area contributed by atoms with E-state index in [0.29, 0.717) is 5.01 Å². The van der Waals surface area contributed by atoms with Crippen LogP contribution >= 0.6 is 11.3 Å². The number of hydrogen-bond acceptors (Lipinski definition) is 3. The van der Waals surface area contributed by atoms with Crippen molar-refractivity contribution in [3.63, 3.8) is 0 Å². The van der Waals surface area contributed by atoms with Crippen LogP contribution in [0.15, 0.2) is 54.6 Å². The van der Waals surface area contributed by atoms with Crippen LogP contribution < -0.4 is 0 Å². The molecule has 6 heteroatoms. The molecular formula is C15H9F3N2S. The van der Waals surface area contributed by atoms with Crippen molar-refractivity contribution in [2.45, 2.75) is 6.18 Å². The molecule has 106 valence electrons. The van der Waals surface area contributed by atoms with Crippen LogP contribution in [-0.2, 0) is 6.18 Å². The zero-order chi connectivity index (χ0) is 14.9. The van der Waals surface area contributed by atoms with E-state index in [9.17, 15) is 13.2 Å². The van der Waals surface area contributed by atoms with Gasteiger partial charge in [0.05, 0.1) is 5.56 Å². The molecule has 2 aromatic carbocycles. The van der Waals surface area contributed by atoms with E-state index in [-0.39, 0.29) is 10.6 Å². The Bertz CT molecular complexity index is 751. The lowest BCUT2D eigenvalue weighted by atomic mass is 10.1. The maximum absolute atomic E-state index is 13.0. The Kier molecular flexibility index (Phi) is 3.47. The predicted molar refractivity (Wildman–Crippen MR) is 75.8 cm³/mol. The number of rotatable bonds is 2. The molecule has 0 spiro atoms. The van der Waals surface area contributed by atoms with Gasteiger partial charge in [-0.05, 0) is 6.07 Å². The SMILES string of the molecule is FC(F)(F)c1ccccc1-c1nnc(-c2ccccc2)s1. The van der Waals surface area contributed by atoms with Crippen LogP contribution in [0.5, 0.6) is 0 Å². The fraction of sp³-hybridized carbons (Fsp3) is 0.0667. The summed E-state index contributed by atoms with van der Waals surface area (Å²) in [5.41, 5.74) is 0.205. The second-order valence-corrected chi connectivity index (χ2v) is 5.30. The Morgan fingerprint density at radius 1 is 0.762 bits per heavy atom. The van der Waals surface area contributed by atoms with Crippen molar-refractivity contribution < 1.29 is 13.2 Å². The molecular weight excluding hydrogens is 297 g/mol. The summed E-state index contributed by atoms with van der Waals surface area (Å²) in [4.78, 5) is 0. The Labute approximate surface area is 122 Å². The molecule has 0 aliphatic heterocycles. The van der Waals surface area contributed by atoms with Crippen LogP contribution in [0.25, 0.3) is 21.1 Å². The zero-order valence-electron chi connectivity index (χ0n) is 10.6. The maximum Gasteiger partial charge on any atom is 0.417 e. The average Bonchev–Trinajstić information content (AvgIpc) is 2.97. The molecule has 0 saturated heterocycles. The largest absolute Gasteiger partial charge is 0.417 e. The minimum absolute atomic E-state index is 0.0599. The van der Waals surface area contributed by atoms with Crippen LogP contribution in [0.4, 0.5) is 13.2 Å². The van der Waals surface area contributed by atoms with E-state index in [1.54, 1.807) is 6.07 Å². The first-order valence-electron chi connectivity index (χ1n) is 6.11. The Hall–Kier alpha value is -2.21. The number of aromatic nitrogens is 2.